The fraction of sp³-hybridized carbons (Fsp3) is 0.588. The smallest absolute Gasteiger partial charge is 0.246 e. The van der Waals surface area contributed by atoms with Crippen LogP contribution in [0.25, 0.3) is 22.3 Å². The number of aliphatic hydroxyl groups excluding tert-OH is 5. The Morgan fingerprint density at radius 3 is 1.48 bits per heavy atom. The SMILES string of the molecule is Cn1cnc(CCNc2nc(NC3CCC(Nc4ncnc(NC5CCC(Nc6nc(NCCc7cn(C)cn7)nc7c6ncn7[C@@H]6C[C@H](NC(=O)CO)C[C@H]6O)CC5)n4)CC3)c3ncn([C@@H]4C[C@H](NC(=O)CO)[C@@H](O)[C@H]4O)c3n2)c1. The maximum Gasteiger partial charge on any atom is 0.246 e. The number of imidazole rings is 4. The van der Waals surface area contributed by atoms with Gasteiger partial charge >= 0.3 is 0 Å². The van der Waals surface area contributed by atoms with Crippen LogP contribution in [-0.4, -0.2) is 191 Å². The standard InChI is InChI=1S/C51H71N23O7/c1-71-18-31(56-23-71)11-13-52-48-66-44(40-46(68-48)73(25-58-40)35-15-33(16-37(35)77)60-38(78)20-75)61-27-3-7-29(8-4-27)63-50-54-22-55-51(70-50)64-30-9-5-28(6-10-30)62-45-41-47(69-49(67-45)53-14-12-32-19-72(2)24-57-32)74(26-59-41)36-17-34(42(80)43(36)81)65-39(79)21-76/h18-19,22-30,33-37,42-43,75-77,80-81H,3-17,20-21H2,1-2H3,(H,60,78)(H,65,79)(H2,52,61,66,68)(H2,53,62,67,69)(H2,54,55,63,64,70)/t27?,28?,29?,30?,33-,34-,35+,36+,37+,42+,43-/m0/s1. The molecule has 4 aliphatic rings. The van der Waals surface area contributed by atoms with Crippen LogP contribution in [0.4, 0.5) is 35.4 Å². The first-order chi connectivity index (χ1) is 39.3. The van der Waals surface area contributed by atoms with Gasteiger partial charge in [0.05, 0.1) is 60.9 Å². The molecule has 13 N–H and O–H groups in total. The summed E-state index contributed by atoms with van der Waals surface area (Å²) >= 11 is 0. The quantitative estimate of drug-likeness (QED) is 0.0422. The second kappa shape index (κ2) is 24.4. The summed E-state index contributed by atoms with van der Waals surface area (Å²) in [5.41, 5.74) is 3.94. The van der Waals surface area contributed by atoms with E-state index in [0.29, 0.717) is 96.5 Å². The van der Waals surface area contributed by atoms with Crippen molar-refractivity contribution in [3.63, 3.8) is 0 Å². The Bertz CT molecular complexity index is 3280. The first-order valence-corrected chi connectivity index (χ1v) is 27.8. The fourth-order valence-electron chi connectivity index (χ4n) is 11.8. The Labute approximate surface area is 464 Å². The predicted molar refractivity (Wildman–Crippen MR) is 296 cm³/mol. The molecule has 0 aromatic carbocycles. The van der Waals surface area contributed by atoms with Crippen LogP contribution in [0, 0.1) is 0 Å². The van der Waals surface area contributed by atoms with Crippen LogP contribution >= 0.6 is 0 Å². The molecule has 81 heavy (non-hydrogen) atoms. The van der Waals surface area contributed by atoms with E-state index in [1.54, 1.807) is 29.9 Å². The number of rotatable bonds is 22. The minimum absolute atomic E-state index is 0.0537. The van der Waals surface area contributed by atoms with Crippen molar-refractivity contribution in [1.29, 1.82) is 0 Å². The lowest BCUT2D eigenvalue weighted by Gasteiger charge is -2.31. The Morgan fingerprint density at radius 1 is 0.519 bits per heavy atom. The van der Waals surface area contributed by atoms with E-state index in [1.165, 1.54) is 6.33 Å². The molecule has 432 valence electrons. The van der Waals surface area contributed by atoms with Crippen LogP contribution in [0.1, 0.15) is 94.1 Å². The van der Waals surface area contributed by atoms with E-state index in [9.17, 15) is 35.1 Å². The summed E-state index contributed by atoms with van der Waals surface area (Å²) in [5, 5.41) is 78.3. The van der Waals surface area contributed by atoms with E-state index in [0.717, 1.165) is 62.8 Å². The zero-order chi connectivity index (χ0) is 56.1. The number of hydrogen-bond acceptors (Lipinski definition) is 24. The lowest BCUT2D eigenvalue weighted by Crippen LogP contribution is -2.44. The van der Waals surface area contributed by atoms with Gasteiger partial charge in [0.1, 0.15) is 31.7 Å². The van der Waals surface area contributed by atoms with E-state index in [1.807, 2.05) is 40.2 Å². The molecule has 0 bridgehead atoms. The van der Waals surface area contributed by atoms with Crippen molar-refractivity contribution >= 4 is 69.6 Å². The lowest BCUT2D eigenvalue weighted by atomic mass is 9.91. The number of hydrogen-bond donors (Lipinski definition) is 13. The van der Waals surface area contributed by atoms with E-state index >= 15 is 0 Å². The van der Waals surface area contributed by atoms with Gasteiger partial charge < -0.3 is 86.3 Å². The zero-order valence-corrected chi connectivity index (χ0v) is 45.2. The second-order valence-corrected chi connectivity index (χ2v) is 21.8. The molecule has 4 fully saturated rings. The molecule has 7 aromatic rings. The average Bonchev–Trinajstić information content (AvgIpc) is 4.40. The van der Waals surface area contributed by atoms with Crippen molar-refractivity contribution in [2.24, 2.45) is 14.1 Å². The molecular formula is C51H71N23O7. The number of aromatic nitrogens is 15. The van der Waals surface area contributed by atoms with Crippen molar-refractivity contribution < 1.29 is 35.1 Å². The number of nitrogens with zero attached hydrogens (tertiary/aromatic N) is 15. The monoisotopic (exact) mass is 1120 g/mol. The summed E-state index contributed by atoms with van der Waals surface area (Å²) in [4.78, 5) is 75.5. The van der Waals surface area contributed by atoms with Crippen molar-refractivity contribution in [1.82, 2.24) is 83.7 Å². The summed E-state index contributed by atoms with van der Waals surface area (Å²) in [6, 6.07) is -1.76. The summed E-state index contributed by atoms with van der Waals surface area (Å²) in [6.07, 6.45) is 17.8. The van der Waals surface area contributed by atoms with Crippen molar-refractivity contribution in [2.75, 3.05) is 58.2 Å². The molecule has 7 atom stereocenters. The van der Waals surface area contributed by atoms with Crippen molar-refractivity contribution in [3.05, 3.63) is 55.4 Å². The summed E-state index contributed by atoms with van der Waals surface area (Å²) in [6.45, 7) is -0.302. The third-order valence-corrected chi connectivity index (χ3v) is 15.9. The van der Waals surface area contributed by atoms with E-state index in [4.69, 9.17) is 34.9 Å². The van der Waals surface area contributed by atoms with Crippen LogP contribution in [0.2, 0.25) is 0 Å². The Hall–Kier alpha value is -7.93. The number of amides is 2. The maximum absolute atomic E-state index is 12.0. The van der Waals surface area contributed by atoms with Crippen LogP contribution in [0.15, 0.2) is 44.0 Å². The summed E-state index contributed by atoms with van der Waals surface area (Å²) in [7, 11) is 3.85. The summed E-state index contributed by atoms with van der Waals surface area (Å²) < 4.78 is 7.37. The van der Waals surface area contributed by atoms with Gasteiger partial charge in [-0.15, -0.1) is 0 Å². The zero-order valence-electron chi connectivity index (χ0n) is 45.2. The summed E-state index contributed by atoms with van der Waals surface area (Å²) in [5.74, 6) is 1.76. The number of aryl methyl sites for hydroxylation is 2. The first kappa shape index (κ1) is 55.0. The molecule has 30 nitrogen and oxygen atoms in total. The highest BCUT2D eigenvalue weighted by Crippen LogP contribution is 2.37. The van der Waals surface area contributed by atoms with Gasteiger partial charge in [-0.1, -0.05) is 0 Å². The molecule has 0 radical (unpaired) electrons. The molecule has 0 saturated heterocycles. The lowest BCUT2D eigenvalue weighted by molar-refractivity contribution is -0.125. The highest BCUT2D eigenvalue weighted by molar-refractivity contribution is 5.86. The van der Waals surface area contributed by atoms with Crippen LogP contribution in [-0.2, 0) is 36.5 Å². The normalized spacial score (nSPS) is 25.7. The molecule has 7 aromatic heterocycles. The van der Waals surface area contributed by atoms with Gasteiger partial charge in [0.2, 0.25) is 35.6 Å². The average molecular weight is 1120 g/mol. The minimum atomic E-state index is -1.26. The molecular weight excluding hydrogens is 1050 g/mol. The third kappa shape index (κ3) is 12.8. The second-order valence-electron chi connectivity index (χ2n) is 21.8. The predicted octanol–water partition coefficient (Wildman–Crippen LogP) is -0.0858. The first-order valence-electron chi connectivity index (χ1n) is 27.8. The van der Waals surface area contributed by atoms with E-state index in [2.05, 4.69) is 62.5 Å². The molecule has 2 amide bonds. The van der Waals surface area contributed by atoms with Crippen LogP contribution < -0.4 is 42.5 Å². The van der Waals surface area contributed by atoms with Crippen molar-refractivity contribution in [3.8, 4) is 0 Å². The molecule has 0 aliphatic heterocycles. The number of carbonyl (C=O) groups excluding carboxylic acids is 2. The largest absolute Gasteiger partial charge is 0.391 e. The molecule has 4 aliphatic carbocycles. The number of carbonyl (C=O) groups is 2. The number of fused-ring (bicyclic) bond motifs is 2. The van der Waals surface area contributed by atoms with Gasteiger partial charge in [-0.25, -0.2) is 29.9 Å². The van der Waals surface area contributed by atoms with Gasteiger partial charge in [0, 0.05) is 82.6 Å². The molecule has 11 rings (SSSR count). The molecule has 4 saturated carbocycles. The number of anilines is 6. The molecule has 0 unspecified atom stereocenters. The Morgan fingerprint density at radius 2 is 1.00 bits per heavy atom. The Balaban J connectivity index is 0.698. The number of aliphatic hydroxyl groups is 5. The van der Waals surface area contributed by atoms with Crippen LogP contribution in [0.5, 0.6) is 0 Å². The highest BCUT2D eigenvalue weighted by atomic mass is 16.3. The third-order valence-electron chi connectivity index (χ3n) is 15.9. The molecule has 30 heteroatoms. The van der Waals surface area contributed by atoms with Gasteiger partial charge in [-0.05, 0) is 70.6 Å². The topological polar surface area (TPSA) is 393 Å². The van der Waals surface area contributed by atoms with Gasteiger partial charge in [0.25, 0.3) is 0 Å². The van der Waals surface area contributed by atoms with E-state index < -0.39 is 61.5 Å². The number of nitrogens with one attached hydrogen (secondary N) is 8. The molecule has 7 heterocycles. The van der Waals surface area contributed by atoms with Gasteiger partial charge in [0.15, 0.2) is 34.0 Å². The maximum atomic E-state index is 12.0. The van der Waals surface area contributed by atoms with E-state index in [-0.39, 0.29) is 36.6 Å². The van der Waals surface area contributed by atoms with Gasteiger partial charge in [-0.3, -0.25) is 9.59 Å². The van der Waals surface area contributed by atoms with Crippen LogP contribution in [0.3, 0.4) is 0 Å². The molecule has 0 spiro atoms. The highest BCUT2D eigenvalue weighted by Gasteiger charge is 2.44. The fourth-order valence-corrected chi connectivity index (χ4v) is 11.8. The van der Waals surface area contributed by atoms with Gasteiger partial charge in [-0.2, -0.15) is 24.9 Å². The minimum Gasteiger partial charge on any atom is -0.391 e. The Kier molecular flexibility index (Phi) is 16.6. The van der Waals surface area contributed by atoms with Crippen molar-refractivity contribution in [2.45, 2.75) is 150 Å².